The van der Waals surface area contributed by atoms with Crippen LogP contribution in [0, 0.1) is 18.7 Å². The van der Waals surface area contributed by atoms with E-state index in [1.54, 1.807) is 0 Å². The van der Waals surface area contributed by atoms with Crippen molar-refractivity contribution in [2.45, 2.75) is 24.2 Å². The van der Waals surface area contributed by atoms with Gasteiger partial charge in [-0.3, -0.25) is 4.79 Å². The standard InChI is InChI=1S/C13H14F3NO4S/c1-8-4-9(14)6-10(5-8)22(20,21)17-3-2-11(12(18)19)13(15,16)7-17/h4-6,11H,2-3,7H2,1H3,(H,18,19). The van der Waals surface area contributed by atoms with Gasteiger partial charge in [0.15, 0.2) is 0 Å². The number of aryl methyl sites for hydroxylation is 1. The lowest BCUT2D eigenvalue weighted by molar-refractivity contribution is -0.163. The highest BCUT2D eigenvalue weighted by atomic mass is 32.2. The first kappa shape index (κ1) is 16.8. The Morgan fingerprint density at radius 1 is 1.36 bits per heavy atom. The lowest BCUT2D eigenvalue weighted by Gasteiger charge is -2.35. The molecule has 0 aromatic heterocycles. The Kier molecular flexibility index (Phi) is 4.22. The molecule has 0 spiro atoms. The molecule has 0 bridgehead atoms. The summed E-state index contributed by atoms with van der Waals surface area (Å²) in [6, 6.07) is 3.05. The molecule has 1 aromatic rings. The molecule has 9 heteroatoms. The summed E-state index contributed by atoms with van der Waals surface area (Å²) in [5, 5.41) is 8.76. The zero-order valence-electron chi connectivity index (χ0n) is 11.6. The second-order valence-corrected chi connectivity index (χ2v) is 7.18. The van der Waals surface area contributed by atoms with Crippen LogP contribution >= 0.6 is 0 Å². The van der Waals surface area contributed by atoms with Gasteiger partial charge in [0.05, 0.1) is 11.4 Å². The molecule has 2 rings (SSSR count). The van der Waals surface area contributed by atoms with E-state index in [9.17, 15) is 26.4 Å². The van der Waals surface area contributed by atoms with Crippen molar-refractivity contribution in [2.75, 3.05) is 13.1 Å². The predicted octanol–water partition coefficient (Wildman–Crippen LogP) is 1.86. The van der Waals surface area contributed by atoms with Crippen molar-refractivity contribution in [1.82, 2.24) is 4.31 Å². The minimum atomic E-state index is -4.31. The maximum atomic E-state index is 13.8. The molecule has 1 fully saturated rings. The summed E-state index contributed by atoms with van der Waals surface area (Å²) in [7, 11) is -4.31. The number of nitrogens with zero attached hydrogens (tertiary/aromatic N) is 1. The zero-order chi connectivity index (χ0) is 16.7. The fourth-order valence-corrected chi connectivity index (χ4v) is 4.00. The third-order valence-corrected chi connectivity index (χ3v) is 5.34. The van der Waals surface area contributed by atoms with Gasteiger partial charge in [0.2, 0.25) is 10.0 Å². The van der Waals surface area contributed by atoms with Gasteiger partial charge in [-0.05, 0) is 37.1 Å². The molecule has 0 amide bonds. The highest BCUT2D eigenvalue weighted by molar-refractivity contribution is 7.89. The lowest BCUT2D eigenvalue weighted by Crippen LogP contribution is -2.52. The van der Waals surface area contributed by atoms with Gasteiger partial charge in [0.25, 0.3) is 5.92 Å². The first-order chi connectivity index (χ1) is 10.0. The molecule has 0 saturated carbocycles. The third kappa shape index (κ3) is 3.09. The molecule has 1 heterocycles. The third-order valence-electron chi connectivity index (χ3n) is 3.52. The Bertz CT molecular complexity index is 685. The Hall–Kier alpha value is -1.61. The van der Waals surface area contributed by atoms with Crippen molar-refractivity contribution in [2.24, 2.45) is 5.92 Å². The van der Waals surface area contributed by atoms with Gasteiger partial charge in [0, 0.05) is 6.54 Å². The number of sulfonamides is 1. The fraction of sp³-hybridized carbons (Fsp3) is 0.462. The number of alkyl halides is 2. The molecule has 1 atom stereocenters. The number of carbonyl (C=O) groups is 1. The molecule has 1 saturated heterocycles. The summed E-state index contributed by atoms with van der Waals surface area (Å²) in [6.45, 7) is -0.111. The summed E-state index contributed by atoms with van der Waals surface area (Å²) in [5.41, 5.74) is 0.339. The normalized spacial score (nSPS) is 22.5. The van der Waals surface area contributed by atoms with Crippen LogP contribution in [0.2, 0.25) is 0 Å². The van der Waals surface area contributed by atoms with Gasteiger partial charge in [-0.15, -0.1) is 0 Å². The molecule has 1 aliphatic heterocycles. The van der Waals surface area contributed by atoms with Gasteiger partial charge in [0.1, 0.15) is 11.7 Å². The van der Waals surface area contributed by atoms with E-state index in [4.69, 9.17) is 5.11 Å². The summed E-state index contributed by atoms with van der Waals surface area (Å²) < 4.78 is 66.1. The van der Waals surface area contributed by atoms with Gasteiger partial charge < -0.3 is 5.11 Å². The van der Waals surface area contributed by atoms with E-state index in [1.807, 2.05) is 0 Å². The minimum Gasteiger partial charge on any atom is -0.481 e. The number of rotatable bonds is 3. The number of hydrogen-bond acceptors (Lipinski definition) is 3. The number of carboxylic acid groups (broad SMARTS) is 1. The second kappa shape index (κ2) is 5.54. The van der Waals surface area contributed by atoms with Gasteiger partial charge >= 0.3 is 5.97 Å². The molecule has 1 aromatic carbocycles. The summed E-state index contributed by atoms with van der Waals surface area (Å²) in [6.07, 6.45) is -0.504. The predicted molar refractivity (Wildman–Crippen MR) is 70.6 cm³/mol. The molecular formula is C13H14F3NO4S. The van der Waals surface area contributed by atoms with Crippen molar-refractivity contribution >= 4 is 16.0 Å². The fourth-order valence-electron chi connectivity index (χ4n) is 2.42. The van der Waals surface area contributed by atoms with E-state index < -0.39 is 51.5 Å². The first-order valence-corrected chi connectivity index (χ1v) is 7.86. The van der Waals surface area contributed by atoms with E-state index >= 15 is 0 Å². The van der Waals surface area contributed by atoms with Crippen molar-refractivity contribution in [3.63, 3.8) is 0 Å². The van der Waals surface area contributed by atoms with Crippen molar-refractivity contribution < 1.29 is 31.5 Å². The van der Waals surface area contributed by atoms with E-state index in [0.29, 0.717) is 9.87 Å². The largest absolute Gasteiger partial charge is 0.481 e. The molecule has 0 radical (unpaired) electrons. The Balaban J connectivity index is 2.34. The van der Waals surface area contributed by atoms with Crippen LogP contribution in [-0.2, 0) is 14.8 Å². The number of hydrogen-bond donors (Lipinski definition) is 1. The number of carboxylic acids is 1. The molecular weight excluding hydrogens is 323 g/mol. The van der Waals surface area contributed by atoms with Gasteiger partial charge in [-0.2, -0.15) is 4.31 Å². The van der Waals surface area contributed by atoms with Crippen LogP contribution in [0.15, 0.2) is 23.1 Å². The molecule has 1 aliphatic rings. The van der Waals surface area contributed by atoms with Gasteiger partial charge in [-0.25, -0.2) is 21.6 Å². The van der Waals surface area contributed by atoms with E-state index in [1.165, 1.54) is 13.0 Å². The Labute approximate surface area is 125 Å². The molecule has 122 valence electrons. The summed E-state index contributed by atoms with van der Waals surface area (Å²) in [4.78, 5) is 10.4. The SMILES string of the molecule is Cc1cc(F)cc(S(=O)(=O)N2CCC(C(=O)O)C(F)(F)C2)c1. The molecule has 22 heavy (non-hydrogen) atoms. The van der Waals surface area contributed by atoms with E-state index in [0.717, 1.165) is 12.1 Å². The number of benzene rings is 1. The van der Waals surface area contributed by atoms with Crippen LogP contribution in [0.5, 0.6) is 0 Å². The smallest absolute Gasteiger partial charge is 0.312 e. The maximum Gasteiger partial charge on any atom is 0.312 e. The van der Waals surface area contributed by atoms with E-state index in [-0.39, 0.29) is 6.54 Å². The van der Waals surface area contributed by atoms with Crippen LogP contribution in [0.25, 0.3) is 0 Å². The van der Waals surface area contributed by atoms with Crippen LogP contribution < -0.4 is 0 Å². The quantitative estimate of drug-likeness (QED) is 0.914. The van der Waals surface area contributed by atoms with Crippen molar-refractivity contribution in [3.8, 4) is 0 Å². The number of piperidine rings is 1. The van der Waals surface area contributed by atoms with E-state index in [2.05, 4.69) is 0 Å². The molecule has 5 nitrogen and oxygen atoms in total. The maximum absolute atomic E-state index is 13.8. The zero-order valence-corrected chi connectivity index (χ0v) is 12.4. The van der Waals surface area contributed by atoms with Gasteiger partial charge in [-0.1, -0.05) is 0 Å². The number of halogens is 3. The van der Waals surface area contributed by atoms with Crippen LogP contribution in [0.3, 0.4) is 0 Å². The summed E-state index contributed by atoms with van der Waals surface area (Å²) >= 11 is 0. The highest BCUT2D eigenvalue weighted by Crippen LogP contribution is 2.35. The summed E-state index contributed by atoms with van der Waals surface area (Å²) in [5.74, 6) is -8.05. The average molecular weight is 337 g/mol. The molecule has 0 aliphatic carbocycles. The monoisotopic (exact) mass is 337 g/mol. The van der Waals surface area contributed by atoms with Crippen LogP contribution in [-0.4, -0.2) is 42.8 Å². The van der Waals surface area contributed by atoms with Crippen molar-refractivity contribution in [3.05, 3.63) is 29.6 Å². The highest BCUT2D eigenvalue weighted by Gasteiger charge is 2.51. The van der Waals surface area contributed by atoms with Crippen molar-refractivity contribution in [1.29, 1.82) is 0 Å². The second-order valence-electron chi connectivity index (χ2n) is 5.24. The first-order valence-electron chi connectivity index (χ1n) is 6.42. The lowest BCUT2D eigenvalue weighted by atomic mass is 9.94. The number of aliphatic carboxylic acids is 1. The Morgan fingerprint density at radius 3 is 2.50 bits per heavy atom. The Morgan fingerprint density at radius 2 is 2.00 bits per heavy atom. The topological polar surface area (TPSA) is 74.7 Å². The molecule has 1 unspecified atom stereocenters. The van der Waals surface area contributed by atoms with Crippen LogP contribution in [0.1, 0.15) is 12.0 Å². The minimum absolute atomic E-state index is 0.339. The van der Waals surface area contributed by atoms with Crippen LogP contribution in [0.4, 0.5) is 13.2 Å². The average Bonchev–Trinajstić information content (AvgIpc) is 2.35. The molecule has 1 N–H and O–H groups in total.